The third-order valence-corrected chi connectivity index (χ3v) is 2.87. The van der Waals surface area contributed by atoms with Gasteiger partial charge in [0.15, 0.2) is 0 Å². The summed E-state index contributed by atoms with van der Waals surface area (Å²) in [4.78, 5) is 24.5. The summed E-state index contributed by atoms with van der Waals surface area (Å²) in [5, 5.41) is 20.9. The van der Waals surface area contributed by atoms with Gasteiger partial charge in [-0.1, -0.05) is 0 Å². The van der Waals surface area contributed by atoms with Crippen molar-refractivity contribution in [1.29, 1.82) is 0 Å². The van der Waals surface area contributed by atoms with Gasteiger partial charge in [0, 0.05) is 23.7 Å². The maximum absolute atomic E-state index is 10.7. The third-order valence-electron chi connectivity index (χ3n) is 1.97. The quantitative estimate of drug-likeness (QED) is 0.673. The Bertz CT molecular complexity index is 610. The van der Waals surface area contributed by atoms with Crippen molar-refractivity contribution in [3.63, 3.8) is 0 Å². The Morgan fingerprint density at radius 1 is 1.56 bits per heavy atom. The summed E-state index contributed by atoms with van der Waals surface area (Å²) in [5.41, 5.74) is -0.277. The van der Waals surface area contributed by atoms with Crippen molar-refractivity contribution in [2.45, 2.75) is 0 Å². The molecule has 0 fully saturated rings. The molecule has 0 aliphatic carbocycles. The minimum atomic E-state index is -1.07. The smallest absolute Gasteiger partial charge is 0.346 e. The Kier molecular flexibility index (Phi) is 3.20. The molecule has 0 bridgehead atoms. The van der Waals surface area contributed by atoms with Crippen molar-refractivity contribution in [1.82, 2.24) is 4.98 Å². The molecule has 0 aliphatic rings. The molecule has 8 heteroatoms. The number of carboxylic acid groups (broad SMARTS) is 1. The number of pyridine rings is 1. The normalized spacial score (nSPS) is 10.0. The second-order valence-corrected chi connectivity index (χ2v) is 4.07. The van der Waals surface area contributed by atoms with Gasteiger partial charge in [0.25, 0.3) is 0 Å². The molecule has 2 heterocycles. The van der Waals surface area contributed by atoms with Crippen LogP contribution in [0.25, 0.3) is 0 Å². The SMILES string of the molecule is O=C(O)c1cc(Oc2ccncc2[N+](=O)[O-])cs1. The van der Waals surface area contributed by atoms with E-state index in [-0.39, 0.29) is 22.1 Å². The second kappa shape index (κ2) is 4.80. The predicted octanol–water partition coefficient (Wildman–Crippen LogP) is 2.54. The van der Waals surface area contributed by atoms with Crippen LogP contribution in [0.2, 0.25) is 0 Å². The molecule has 0 saturated carbocycles. The summed E-state index contributed by atoms with van der Waals surface area (Å²) in [7, 11) is 0. The van der Waals surface area contributed by atoms with Gasteiger partial charge in [-0.05, 0) is 0 Å². The van der Waals surface area contributed by atoms with Crippen molar-refractivity contribution >= 4 is 23.0 Å². The van der Waals surface area contributed by atoms with Gasteiger partial charge in [0.05, 0.1) is 4.92 Å². The van der Waals surface area contributed by atoms with Crippen LogP contribution in [-0.4, -0.2) is 21.0 Å². The van der Waals surface area contributed by atoms with E-state index >= 15 is 0 Å². The van der Waals surface area contributed by atoms with Crippen molar-refractivity contribution < 1.29 is 19.6 Å². The number of rotatable bonds is 4. The van der Waals surface area contributed by atoms with Crippen LogP contribution in [0, 0.1) is 10.1 Å². The van der Waals surface area contributed by atoms with Crippen LogP contribution in [0.3, 0.4) is 0 Å². The first-order valence-corrected chi connectivity index (χ1v) is 5.54. The zero-order valence-corrected chi connectivity index (χ0v) is 9.59. The van der Waals surface area contributed by atoms with Crippen molar-refractivity contribution in [3.8, 4) is 11.5 Å². The van der Waals surface area contributed by atoms with Crippen LogP contribution >= 0.6 is 11.3 Å². The van der Waals surface area contributed by atoms with Gasteiger partial charge in [0.1, 0.15) is 16.8 Å². The van der Waals surface area contributed by atoms with Gasteiger partial charge in [0.2, 0.25) is 5.75 Å². The molecular weight excluding hydrogens is 260 g/mol. The molecule has 7 nitrogen and oxygen atoms in total. The van der Waals surface area contributed by atoms with E-state index in [1.165, 1.54) is 23.7 Å². The summed E-state index contributed by atoms with van der Waals surface area (Å²) in [6.07, 6.45) is 2.42. The molecule has 0 aromatic carbocycles. The van der Waals surface area contributed by atoms with Crippen molar-refractivity contribution in [2.75, 3.05) is 0 Å². The number of hydrogen-bond acceptors (Lipinski definition) is 6. The number of nitro groups is 1. The lowest BCUT2D eigenvalue weighted by Crippen LogP contribution is -1.94. The molecule has 0 amide bonds. The molecular formula is C10H6N2O5S. The van der Waals surface area contributed by atoms with Crippen LogP contribution in [0.15, 0.2) is 29.9 Å². The van der Waals surface area contributed by atoms with Gasteiger partial charge >= 0.3 is 11.7 Å². The summed E-state index contributed by atoms with van der Waals surface area (Å²) in [6.45, 7) is 0. The highest BCUT2D eigenvalue weighted by atomic mass is 32.1. The van der Waals surface area contributed by atoms with Crippen LogP contribution < -0.4 is 4.74 Å². The monoisotopic (exact) mass is 266 g/mol. The molecule has 2 aromatic rings. The number of ether oxygens (including phenoxy) is 1. The van der Waals surface area contributed by atoms with Gasteiger partial charge in [-0.3, -0.25) is 15.1 Å². The summed E-state index contributed by atoms with van der Waals surface area (Å²) in [5.74, 6) is -0.810. The van der Waals surface area contributed by atoms with E-state index in [1.807, 2.05) is 0 Å². The molecule has 2 aromatic heterocycles. The van der Waals surface area contributed by atoms with E-state index in [4.69, 9.17) is 9.84 Å². The Morgan fingerprint density at radius 3 is 2.94 bits per heavy atom. The average molecular weight is 266 g/mol. The predicted molar refractivity (Wildman–Crippen MR) is 62.2 cm³/mol. The van der Waals surface area contributed by atoms with E-state index in [9.17, 15) is 14.9 Å². The van der Waals surface area contributed by atoms with Crippen LogP contribution in [0.4, 0.5) is 5.69 Å². The maximum Gasteiger partial charge on any atom is 0.346 e. The van der Waals surface area contributed by atoms with Crippen LogP contribution in [-0.2, 0) is 0 Å². The van der Waals surface area contributed by atoms with Gasteiger partial charge in [-0.15, -0.1) is 11.3 Å². The first-order chi connectivity index (χ1) is 8.58. The standard InChI is InChI=1S/C10H6N2O5S/c13-10(14)9-3-6(5-18-9)17-8-1-2-11-4-7(8)12(15)16/h1-5H,(H,13,14). The van der Waals surface area contributed by atoms with E-state index < -0.39 is 10.9 Å². The Labute approximate surface area is 104 Å². The largest absolute Gasteiger partial charge is 0.477 e. The van der Waals surface area contributed by atoms with Crippen molar-refractivity contribution in [2.24, 2.45) is 0 Å². The fourth-order valence-corrected chi connectivity index (χ4v) is 1.85. The van der Waals surface area contributed by atoms with Gasteiger partial charge in [-0.2, -0.15) is 0 Å². The van der Waals surface area contributed by atoms with E-state index in [2.05, 4.69) is 4.98 Å². The molecule has 92 valence electrons. The van der Waals surface area contributed by atoms with Gasteiger partial charge in [-0.25, -0.2) is 4.79 Å². The lowest BCUT2D eigenvalue weighted by Gasteiger charge is -2.02. The Hall–Kier alpha value is -2.48. The summed E-state index contributed by atoms with van der Waals surface area (Å²) in [6, 6.07) is 2.65. The molecule has 0 unspecified atom stereocenters. The molecule has 0 radical (unpaired) electrons. The number of thiophene rings is 1. The minimum absolute atomic E-state index is 0.0183. The van der Waals surface area contributed by atoms with E-state index in [1.54, 1.807) is 0 Å². The Balaban J connectivity index is 2.28. The lowest BCUT2D eigenvalue weighted by atomic mass is 10.4. The van der Waals surface area contributed by atoms with Crippen LogP contribution in [0.5, 0.6) is 11.5 Å². The number of carboxylic acids is 1. The van der Waals surface area contributed by atoms with E-state index in [0.29, 0.717) is 0 Å². The fourth-order valence-electron chi connectivity index (χ4n) is 1.21. The minimum Gasteiger partial charge on any atom is -0.477 e. The first-order valence-electron chi connectivity index (χ1n) is 4.66. The molecule has 1 N–H and O–H groups in total. The topological polar surface area (TPSA) is 103 Å². The molecule has 0 atom stereocenters. The number of hydrogen-bond donors (Lipinski definition) is 1. The highest BCUT2D eigenvalue weighted by Crippen LogP contribution is 2.32. The second-order valence-electron chi connectivity index (χ2n) is 3.15. The third kappa shape index (κ3) is 2.43. The summed E-state index contributed by atoms with van der Waals surface area (Å²) < 4.78 is 5.27. The van der Waals surface area contributed by atoms with E-state index in [0.717, 1.165) is 17.5 Å². The fraction of sp³-hybridized carbons (Fsp3) is 0. The molecule has 0 aliphatic heterocycles. The zero-order chi connectivity index (χ0) is 13.1. The number of aromatic carboxylic acids is 1. The summed E-state index contributed by atoms with van der Waals surface area (Å²) >= 11 is 0.981. The molecule has 0 spiro atoms. The zero-order valence-electron chi connectivity index (χ0n) is 8.77. The first kappa shape index (κ1) is 12.0. The maximum atomic E-state index is 10.7. The molecule has 0 saturated heterocycles. The number of carbonyl (C=O) groups is 1. The van der Waals surface area contributed by atoms with Gasteiger partial charge < -0.3 is 9.84 Å². The highest BCUT2D eigenvalue weighted by Gasteiger charge is 2.16. The average Bonchev–Trinajstić information content (AvgIpc) is 2.78. The van der Waals surface area contributed by atoms with Crippen molar-refractivity contribution in [3.05, 3.63) is 44.9 Å². The Morgan fingerprint density at radius 2 is 2.33 bits per heavy atom. The molecule has 18 heavy (non-hydrogen) atoms. The lowest BCUT2D eigenvalue weighted by molar-refractivity contribution is -0.386. The number of nitrogens with zero attached hydrogens (tertiary/aromatic N) is 2. The molecule has 2 rings (SSSR count). The number of aromatic nitrogens is 1. The highest BCUT2D eigenvalue weighted by molar-refractivity contribution is 7.12. The van der Waals surface area contributed by atoms with Crippen LogP contribution in [0.1, 0.15) is 9.67 Å².